The third kappa shape index (κ3) is 2.58. The van der Waals surface area contributed by atoms with Crippen molar-refractivity contribution in [3.8, 4) is 11.3 Å². The van der Waals surface area contributed by atoms with E-state index >= 15 is 0 Å². The summed E-state index contributed by atoms with van der Waals surface area (Å²) in [5.74, 6) is -0.297. The van der Waals surface area contributed by atoms with Crippen LogP contribution in [0.2, 0.25) is 0 Å². The average molecular weight is 291 g/mol. The zero-order valence-electron chi connectivity index (χ0n) is 12.7. The molecule has 3 rings (SSSR count). The Hall–Kier alpha value is -2.68. The van der Waals surface area contributed by atoms with Crippen molar-refractivity contribution in [3.63, 3.8) is 0 Å². The van der Waals surface area contributed by atoms with Crippen molar-refractivity contribution in [2.24, 2.45) is 0 Å². The van der Waals surface area contributed by atoms with Crippen LogP contribution in [-0.4, -0.2) is 17.6 Å². The second kappa shape index (κ2) is 5.98. The van der Waals surface area contributed by atoms with Gasteiger partial charge in [-0.15, -0.1) is 0 Å². The number of fused-ring (bicyclic) bond motifs is 1. The molecule has 2 aromatic carbocycles. The van der Waals surface area contributed by atoms with E-state index in [9.17, 15) is 4.79 Å². The van der Waals surface area contributed by atoms with E-state index in [2.05, 4.69) is 24.0 Å². The first-order valence-electron chi connectivity index (χ1n) is 7.32. The van der Waals surface area contributed by atoms with Gasteiger partial charge in [-0.1, -0.05) is 42.0 Å². The van der Waals surface area contributed by atoms with Crippen LogP contribution in [-0.2, 0) is 4.74 Å². The number of aryl methyl sites for hydroxylation is 1. The number of rotatable bonds is 3. The topological polar surface area (TPSA) is 39.2 Å². The second-order valence-electron chi connectivity index (χ2n) is 5.15. The highest BCUT2D eigenvalue weighted by Crippen LogP contribution is 2.28. The van der Waals surface area contributed by atoms with Crippen LogP contribution in [0.15, 0.2) is 54.7 Å². The minimum atomic E-state index is -0.297. The molecule has 0 fully saturated rings. The maximum absolute atomic E-state index is 12.1. The molecule has 0 spiro atoms. The molecular formula is C19H17NO2. The molecule has 0 aliphatic rings. The molecule has 0 atom stereocenters. The Kier molecular flexibility index (Phi) is 3.88. The summed E-state index contributed by atoms with van der Waals surface area (Å²) in [6.45, 7) is 4.23. The van der Waals surface area contributed by atoms with E-state index in [0.29, 0.717) is 12.2 Å². The Bertz CT molecular complexity index is 822. The predicted molar refractivity (Wildman–Crippen MR) is 87.9 cm³/mol. The first-order chi connectivity index (χ1) is 10.7. The molecular weight excluding hydrogens is 274 g/mol. The normalized spacial score (nSPS) is 10.6. The average Bonchev–Trinajstić information content (AvgIpc) is 2.55. The van der Waals surface area contributed by atoms with Crippen molar-refractivity contribution in [2.75, 3.05) is 6.61 Å². The van der Waals surface area contributed by atoms with Gasteiger partial charge in [-0.05, 0) is 31.4 Å². The van der Waals surface area contributed by atoms with Gasteiger partial charge in [-0.3, -0.25) is 4.98 Å². The number of ether oxygens (including phenoxy) is 1. The quantitative estimate of drug-likeness (QED) is 0.672. The molecule has 3 aromatic rings. The van der Waals surface area contributed by atoms with Crippen LogP contribution in [0.5, 0.6) is 0 Å². The fourth-order valence-electron chi connectivity index (χ4n) is 2.54. The van der Waals surface area contributed by atoms with E-state index in [-0.39, 0.29) is 5.97 Å². The summed E-state index contributed by atoms with van der Waals surface area (Å²) in [5.41, 5.74) is 3.70. The fourth-order valence-corrected chi connectivity index (χ4v) is 2.54. The van der Waals surface area contributed by atoms with Gasteiger partial charge in [0.25, 0.3) is 0 Å². The standard InChI is InChI=1S/C19H17NO2/c1-3-22-19(21)17-6-4-5-16-15(17)11-12-20-18(16)14-9-7-13(2)8-10-14/h4-12H,3H2,1-2H3. The number of aromatic nitrogens is 1. The molecule has 0 saturated heterocycles. The first-order valence-corrected chi connectivity index (χ1v) is 7.32. The van der Waals surface area contributed by atoms with Crippen LogP contribution in [0.4, 0.5) is 0 Å². The van der Waals surface area contributed by atoms with Gasteiger partial charge >= 0.3 is 5.97 Å². The molecule has 0 unspecified atom stereocenters. The Morgan fingerprint density at radius 3 is 2.55 bits per heavy atom. The van der Waals surface area contributed by atoms with Gasteiger partial charge < -0.3 is 4.74 Å². The SMILES string of the molecule is CCOC(=O)c1cccc2c(-c3ccc(C)cc3)nccc12. The third-order valence-corrected chi connectivity index (χ3v) is 3.63. The zero-order chi connectivity index (χ0) is 15.5. The third-order valence-electron chi connectivity index (χ3n) is 3.63. The van der Waals surface area contributed by atoms with Gasteiger partial charge in [0.15, 0.2) is 0 Å². The number of nitrogens with zero attached hydrogens (tertiary/aromatic N) is 1. The summed E-state index contributed by atoms with van der Waals surface area (Å²) in [4.78, 5) is 16.6. The molecule has 0 N–H and O–H groups in total. The summed E-state index contributed by atoms with van der Waals surface area (Å²) in [6, 6.07) is 15.7. The first kappa shape index (κ1) is 14.3. The number of hydrogen-bond acceptors (Lipinski definition) is 3. The van der Waals surface area contributed by atoms with Crippen LogP contribution in [0.25, 0.3) is 22.0 Å². The summed E-state index contributed by atoms with van der Waals surface area (Å²) in [5, 5.41) is 1.82. The van der Waals surface area contributed by atoms with Crippen LogP contribution >= 0.6 is 0 Å². The fraction of sp³-hybridized carbons (Fsp3) is 0.158. The van der Waals surface area contributed by atoms with Gasteiger partial charge in [0.2, 0.25) is 0 Å². The highest BCUT2D eigenvalue weighted by molar-refractivity contribution is 6.07. The Morgan fingerprint density at radius 2 is 1.82 bits per heavy atom. The highest BCUT2D eigenvalue weighted by atomic mass is 16.5. The maximum Gasteiger partial charge on any atom is 0.338 e. The van der Waals surface area contributed by atoms with Gasteiger partial charge in [-0.25, -0.2) is 4.79 Å². The Balaban J connectivity index is 2.19. The molecule has 0 aliphatic heterocycles. The molecule has 0 radical (unpaired) electrons. The molecule has 3 nitrogen and oxygen atoms in total. The second-order valence-corrected chi connectivity index (χ2v) is 5.15. The lowest BCUT2D eigenvalue weighted by molar-refractivity contribution is 0.0528. The highest BCUT2D eigenvalue weighted by Gasteiger charge is 2.13. The van der Waals surface area contributed by atoms with E-state index in [0.717, 1.165) is 22.0 Å². The van der Waals surface area contributed by atoms with Crippen molar-refractivity contribution >= 4 is 16.7 Å². The molecule has 3 heteroatoms. The number of carbonyl (C=O) groups excluding carboxylic acids is 1. The van der Waals surface area contributed by atoms with Gasteiger partial charge in [0.05, 0.1) is 17.9 Å². The van der Waals surface area contributed by atoms with E-state index in [4.69, 9.17) is 4.74 Å². The number of esters is 1. The molecule has 0 amide bonds. The number of benzene rings is 2. The molecule has 0 aliphatic carbocycles. The van der Waals surface area contributed by atoms with Crippen LogP contribution in [0.3, 0.4) is 0 Å². The van der Waals surface area contributed by atoms with E-state index in [1.165, 1.54) is 5.56 Å². The van der Waals surface area contributed by atoms with Crippen LogP contribution in [0.1, 0.15) is 22.8 Å². The molecule has 0 bridgehead atoms. The summed E-state index contributed by atoms with van der Waals surface area (Å²) in [6.07, 6.45) is 1.74. The number of carbonyl (C=O) groups is 1. The van der Waals surface area contributed by atoms with Crippen molar-refractivity contribution in [3.05, 3.63) is 65.9 Å². The van der Waals surface area contributed by atoms with E-state index in [1.54, 1.807) is 12.3 Å². The van der Waals surface area contributed by atoms with Gasteiger partial charge in [0, 0.05) is 17.1 Å². The lowest BCUT2D eigenvalue weighted by atomic mass is 10.00. The minimum absolute atomic E-state index is 0.297. The Labute approximate surface area is 129 Å². The van der Waals surface area contributed by atoms with Crippen molar-refractivity contribution < 1.29 is 9.53 Å². The molecule has 1 aromatic heterocycles. The predicted octanol–water partition coefficient (Wildman–Crippen LogP) is 4.39. The Morgan fingerprint density at radius 1 is 1.05 bits per heavy atom. The van der Waals surface area contributed by atoms with Crippen molar-refractivity contribution in [1.29, 1.82) is 0 Å². The zero-order valence-corrected chi connectivity index (χ0v) is 12.7. The van der Waals surface area contributed by atoms with E-state index in [1.807, 2.05) is 37.3 Å². The number of hydrogen-bond donors (Lipinski definition) is 0. The molecule has 1 heterocycles. The smallest absolute Gasteiger partial charge is 0.338 e. The van der Waals surface area contributed by atoms with Crippen LogP contribution in [0, 0.1) is 6.92 Å². The lowest BCUT2D eigenvalue weighted by Crippen LogP contribution is -2.05. The minimum Gasteiger partial charge on any atom is -0.462 e. The molecule has 110 valence electrons. The summed E-state index contributed by atoms with van der Waals surface area (Å²) >= 11 is 0. The monoisotopic (exact) mass is 291 g/mol. The molecule has 22 heavy (non-hydrogen) atoms. The number of pyridine rings is 1. The lowest BCUT2D eigenvalue weighted by Gasteiger charge is -2.09. The summed E-state index contributed by atoms with van der Waals surface area (Å²) in [7, 11) is 0. The van der Waals surface area contributed by atoms with Crippen molar-refractivity contribution in [1.82, 2.24) is 4.98 Å². The van der Waals surface area contributed by atoms with Crippen molar-refractivity contribution in [2.45, 2.75) is 13.8 Å². The summed E-state index contributed by atoms with van der Waals surface area (Å²) < 4.78 is 5.14. The van der Waals surface area contributed by atoms with Gasteiger partial charge in [0.1, 0.15) is 0 Å². The largest absolute Gasteiger partial charge is 0.462 e. The van der Waals surface area contributed by atoms with Crippen LogP contribution < -0.4 is 0 Å². The van der Waals surface area contributed by atoms with Gasteiger partial charge in [-0.2, -0.15) is 0 Å². The molecule has 0 saturated carbocycles. The van der Waals surface area contributed by atoms with E-state index < -0.39 is 0 Å². The maximum atomic E-state index is 12.1.